The summed E-state index contributed by atoms with van der Waals surface area (Å²) in [6, 6.07) is 6.08. The fraction of sp³-hybridized carbons (Fsp3) is 0.650. The summed E-state index contributed by atoms with van der Waals surface area (Å²) in [6.45, 7) is 3.58. The second kappa shape index (κ2) is 5.88. The maximum Gasteiger partial charge on any atom is 0.225 e. The van der Waals surface area contributed by atoms with E-state index in [0.29, 0.717) is 29.2 Å². The quantitative estimate of drug-likeness (QED) is 0.892. The van der Waals surface area contributed by atoms with Crippen LogP contribution in [0.3, 0.4) is 0 Å². The van der Waals surface area contributed by atoms with Crippen LogP contribution in [0.2, 0.25) is 5.02 Å². The van der Waals surface area contributed by atoms with E-state index >= 15 is 0 Å². The molecule has 25 heavy (non-hydrogen) atoms. The van der Waals surface area contributed by atoms with E-state index in [0.717, 1.165) is 31.7 Å². The van der Waals surface area contributed by atoms with Crippen molar-refractivity contribution in [1.82, 2.24) is 4.90 Å². The summed E-state index contributed by atoms with van der Waals surface area (Å²) in [7, 11) is 1.65. The lowest BCUT2D eigenvalue weighted by molar-refractivity contribution is -0.161. The van der Waals surface area contributed by atoms with Gasteiger partial charge in [0.15, 0.2) is 0 Å². The number of benzene rings is 1. The Morgan fingerprint density at radius 2 is 2.04 bits per heavy atom. The normalized spacial score (nSPS) is 33.0. The smallest absolute Gasteiger partial charge is 0.225 e. The molecule has 136 valence electrons. The molecule has 1 heterocycles. The number of halogens is 1. The van der Waals surface area contributed by atoms with Crippen LogP contribution in [0.4, 0.5) is 0 Å². The van der Waals surface area contributed by atoms with Crippen LogP contribution in [-0.2, 0) is 4.79 Å². The Balaban J connectivity index is 1.35. The van der Waals surface area contributed by atoms with Crippen molar-refractivity contribution >= 4 is 17.5 Å². The first-order valence-corrected chi connectivity index (χ1v) is 9.53. The highest BCUT2D eigenvalue weighted by molar-refractivity contribution is 6.32. The number of amides is 1. The fourth-order valence-electron chi connectivity index (χ4n) is 5.06. The van der Waals surface area contributed by atoms with Crippen LogP contribution in [0.1, 0.15) is 50.5 Å². The highest BCUT2D eigenvalue weighted by atomic mass is 35.5. The van der Waals surface area contributed by atoms with Crippen molar-refractivity contribution in [2.24, 2.45) is 11.3 Å². The summed E-state index contributed by atoms with van der Waals surface area (Å²) < 4.78 is 5.34. The first-order chi connectivity index (χ1) is 11.8. The zero-order chi connectivity index (χ0) is 17.8. The lowest BCUT2D eigenvalue weighted by Gasteiger charge is -2.52. The number of ether oxygens (including phenoxy) is 1. The van der Waals surface area contributed by atoms with Crippen LogP contribution in [0.25, 0.3) is 0 Å². The Morgan fingerprint density at radius 1 is 1.32 bits per heavy atom. The zero-order valence-electron chi connectivity index (χ0n) is 14.9. The van der Waals surface area contributed by atoms with Crippen LogP contribution in [0.5, 0.6) is 5.75 Å². The summed E-state index contributed by atoms with van der Waals surface area (Å²) >= 11 is 6.13. The van der Waals surface area contributed by atoms with Crippen LogP contribution in [0.15, 0.2) is 18.2 Å². The molecule has 1 aromatic carbocycles. The average Bonchev–Trinajstić information content (AvgIpc) is 2.96. The van der Waals surface area contributed by atoms with Crippen LogP contribution < -0.4 is 4.74 Å². The van der Waals surface area contributed by atoms with Gasteiger partial charge in [-0.1, -0.05) is 17.7 Å². The van der Waals surface area contributed by atoms with Gasteiger partial charge in [-0.3, -0.25) is 4.79 Å². The molecule has 1 unspecified atom stereocenters. The summed E-state index contributed by atoms with van der Waals surface area (Å²) in [5, 5.41) is 10.5. The number of aliphatic hydroxyl groups is 1. The summed E-state index contributed by atoms with van der Waals surface area (Å²) in [4.78, 5) is 14.5. The second-order valence-corrected chi connectivity index (χ2v) is 9.04. The fourth-order valence-corrected chi connectivity index (χ4v) is 5.26. The predicted octanol–water partition coefficient (Wildman–Crippen LogP) is 3.61. The Hall–Kier alpha value is -1.26. The molecule has 1 atom stereocenters. The molecule has 4 nitrogen and oxygen atoms in total. The van der Waals surface area contributed by atoms with Gasteiger partial charge in [-0.05, 0) is 62.6 Å². The van der Waals surface area contributed by atoms with Crippen molar-refractivity contribution in [3.05, 3.63) is 28.8 Å². The van der Waals surface area contributed by atoms with E-state index in [1.165, 1.54) is 12.0 Å². The molecule has 1 saturated heterocycles. The number of methoxy groups -OCH3 is 1. The van der Waals surface area contributed by atoms with E-state index in [9.17, 15) is 9.90 Å². The monoisotopic (exact) mass is 363 g/mol. The molecule has 1 aromatic rings. The molecule has 2 saturated carbocycles. The van der Waals surface area contributed by atoms with Crippen molar-refractivity contribution in [2.45, 2.75) is 50.5 Å². The molecule has 3 fully saturated rings. The van der Waals surface area contributed by atoms with Crippen molar-refractivity contribution < 1.29 is 14.6 Å². The minimum Gasteiger partial charge on any atom is -0.495 e. The number of hydrogen-bond acceptors (Lipinski definition) is 3. The van der Waals surface area contributed by atoms with Gasteiger partial charge in [-0.25, -0.2) is 0 Å². The Bertz CT molecular complexity index is 688. The zero-order valence-corrected chi connectivity index (χ0v) is 15.7. The lowest BCUT2D eigenvalue weighted by Crippen LogP contribution is -2.61. The van der Waals surface area contributed by atoms with Gasteiger partial charge in [0.2, 0.25) is 5.91 Å². The van der Waals surface area contributed by atoms with Gasteiger partial charge >= 0.3 is 0 Å². The maximum absolute atomic E-state index is 12.5. The molecule has 1 amide bonds. The molecular weight excluding hydrogens is 338 g/mol. The van der Waals surface area contributed by atoms with Gasteiger partial charge in [0, 0.05) is 24.4 Å². The summed E-state index contributed by atoms with van der Waals surface area (Å²) in [5.74, 6) is 1.54. The first-order valence-electron chi connectivity index (χ1n) is 9.15. The van der Waals surface area contributed by atoms with Gasteiger partial charge < -0.3 is 14.7 Å². The predicted molar refractivity (Wildman–Crippen MR) is 97.0 cm³/mol. The highest BCUT2D eigenvalue weighted by Crippen LogP contribution is 2.53. The Labute approximate surface area is 154 Å². The van der Waals surface area contributed by atoms with Gasteiger partial charge in [-0.15, -0.1) is 0 Å². The molecule has 4 rings (SSSR count). The lowest BCUT2D eigenvalue weighted by atomic mass is 9.69. The van der Waals surface area contributed by atoms with E-state index < -0.39 is 5.60 Å². The van der Waals surface area contributed by atoms with E-state index in [2.05, 4.69) is 12.1 Å². The largest absolute Gasteiger partial charge is 0.495 e. The molecule has 0 radical (unpaired) electrons. The third-order valence-electron chi connectivity index (χ3n) is 6.43. The molecule has 1 spiro atoms. The number of hydrogen-bond donors (Lipinski definition) is 1. The number of carbonyl (C=O) groups is 1. The van der Waals surface area contributed by atoms with E-state index in [1.807, 2.05) is 17.9 Å². The maximum atomic E-state index is 12.5. The second-order valence-electron chi connectivity index (χ2n) is 8.63. The standard InChI is InChI=1S/C20H26ClNO3/c1-19(24)8-15(9-19)18(23)22-11-20(12-22)6-5-14(10-20)13-3-4-16(21)17(7-13)25-2/h3-4,7,14-15,24H,5-6,8-12H2,1-2H3. The molecule has 5 heteroatoms. The van der Waals surface area contributed by atoms with E-state index in [-0.39, 0.29) is 11.8 Å². The Kier molecular flexibility index (Phi) is 4.04. The van der Waals surface area contributed by atoms with Crippen molar-refractivity contribution in [1.29, 1.82) is 0 Å². The SMILES string of the molecule is COc1cc(C2CCC3(C2)CN(C(=O)C2CC(C)(O)C2)C3)ccc1Cl. The van der Waals surface area contributed by atoms with E-state index in [4.69, 9.17) is 16.3 Å². The number of nitrogens with zero attached hydrogens (tertiary/aromatic N) is 1. The number of likely N-dealkylation sites (tertiary alicyclic amines) is 1. The summed E-state index contributed by atoms with van der Waals surface area (Å²) in [6.07, 6.45) is 4.69. The van der Waals surface area contributed by atoms with Gasteiger partial charge in [0.25, 0.3) is 0 Å². The van der Waals surface area contributed by atoms with Crippen molar-refractivity contribution in [3.8, 4) is 5.75 Å². The van der Waals surface area contributed by atoms with Crippen LogP contribution >= 0.6 is 11.6 Å². The molecule has 0 bridgehead atoms. The Morgan fingerprint density at radius 3 is 2.68 bits per heavy atom. The minimum atomic E-state index is -0.630. The number of rotatable bonds is 3. The first kappa shape index (κ1) is 17.2. The van der Waals surface area contributed by atoms with Crippen LogP contribution in [0, 0.1) is 11.3 Å². The number of carbonyl (C=O) groups excluding carboxylic acids is 1. The molecular formula is C20H26ClNO3. The van der Waals surface area contributed by atoms with Gasteiger partial charge in [0.05, 0.1) is 17.7 Å². The third kappa shape index (κ3) is 3.04. The topological polar surface area (TPSA) is 49.8 Å². The molecule has 2 aliphatic carbocycles. The highest BCUT2D eigenvalue weighted by Gasteiger charge is 2.53. The summed E-state index contributed by atoms with van der Waals surface area (Å²) in [5.41, 5.74) is 0.951. The minimum absolute atomic E-state index is 0.0325. The van der Waals surface area contributed by atoms with E-state index in [1.54, 1.807) is 7.11 Å². The van der Waals surface area contributed by atoms with Gasteiger partial charge in [0.1, 0.15) is 5.75 Å². The van der Waals surface area contributed by atoms with Crippen LogP contribution in [-0.4, -0.2) is 41.7 Å². The van der Waals surface area contributed by atoms with Crippen molar-refractivity contribution in [3.63, 3.8) is 0 Å². The van der Waals surface area contributed by atoms with Crippen molar-refractivity contribution in [2.75, 3.05) is 20.2 Å². The average molecular weight is 364 g/mol. The molecule has 0 aromatic heterocycles. The molecule has 1 aliphatic heterocycles. The third-order valence-corrected chi connectivity index (χ3v) is 6.75. The molecule has 3 aliphatic rings. The molecule has 1 N–H and O–H groups in total. The van der Waals surface area contributed by atoms with Gasteiger partial charge in [-0.2, -0.15) is 0 Å².